The molecule has 0 radical (unpaired) electrons. The molecule has 0 amide bonds. The van der Waals surface area contributed by atoms with Crippen LogP contribution >= 0.6 is 0 Å². The van der Waals surface area contributed by atoms with Gasteiger partial charge in [-0.2, -0.15) is 0 Å². The van der Waals surface area contributed by atoms with Crippen molar-refractivity contribution in [3.63, 3.8) is 0 Å². The minimum atomic E-state index is -2.37. The molecular weight excluding hydrogens is 671 g/mol. The van der Waals surface area contributed by atoms with Crippen molar-refractivity contribution >= 4 is 11.0 Å². The van der Waals surface area contributed by atoms with Gasteiger partial charge in [0.2, 0.25) is 0 Å². The van der Waals surface area contributed by atoms with Crippen LogP contribution in [0.3, 0.4) is 0 Å². The minimum Gasteiger partial charge on any atom is -0.496 e. The molecule has 0 aliphatic carbocycles. The third kappa shape index (κ3) is 6.97. The topological polar surface area (TPSA) is 39.9 Å². The van der Waals surface area contributed by atoms with Crippen molar-refractivity contribution in [1.82, 2.24) is 14.5 Å². The normalized spacial score (nSPS) is 13.7. The zero-order valence-electron chi connectivity index (χ0n) is 38.0. The van der Waals surface area contributed by atoms with Gasteiger partial charge in [-0.25, -0.2) is 4.98 Å². The van der Waals surface area contributed by atoms with Gasteiger partial charge >= 0.3 is 0 Å². The van der Waals surface area contributed by atoms with Crippen LogP contribution in [0.5, 0.6) is 5.75 Å². The molecule has 2 heterocycles. The first-order valence-electron chi connectivity index (χ1n) is 21.5. The van der Waals surface area contributed by atoms with Crippen LogP contribution in [0, 0.1) is 27.6 Å². The molecule has 2 aromatic heterocycles. The summed E-state index contributed by atoms with van der Waals surface area (Å²) in [6.07, 6.45) is 1.79. The molecule has 8 rings (SSSR count). The summed E-state index contributed by atoms with van der Waals surface area (Å²) in [6.45, 7) is 6.09. The predicted molar refractivity (Wildman–Crippen MR) is 230 cm³/mol. The lowest BCUT2D eigenvalue weighted by Gasteiger charge is -2.22. The first-order chi connectivity index (χ1) is 28.9. The Morgan fingerprint density at radius 2 is 1.36 bits per heavy atom. The van der Waals surface area contributed by atoms with Gasteiger partial charge in [0.25, 0.3) is 0 Å². The van der Waals surface area contributed by atoms with Crippen LogP contribution < -0.4 is 4.74 Å². The van der Waals surface area contributed by atoms with Crippen molar-refractivity contribution in [2.24, 2.45) is 0 Å². The van der Waals surface area contributed by atoms with Gasteiger partial charge in [0, 0.05) is 31.2 Å². The SMILES string of the molecule is [2H]C([2H])([2H])c1ccc(-c2ccnc(-c3cc(-c4cccc5c4nc(-c4cc(C)cc(C)c4OC)n5-c4cc(-c5ccccc5)cc(C([2H])([2H])[2H])c4)cc(C(C)(C)C)c3)c2)cc1. The Labute approximate surface area is 333 Å². The summed E-state index contributed by atoms with van der Waals surface area (Å²) in [5, 5.41) is 0. The fourth-order valence-electron chi connectivity index (χ4n) is 7.50. The van der Waals surface area contributed by atoms with E-state index in [0.29, 0.717) is 22.8 Å². The second-order valence-electron chi connectivity index (χ2n) is 15.3. The van der Waals surface area contributed by atoms with Crippen molar-refractivity contribution in [3.8, 4) is 67.5 Å². The van der Waals surface area contributed by atoms with E-state index >= 15 is 0 Å². The number of benzene rings is 6. The highest BCUT2D eigenvalue weighted by molar-refractivity contribution is 5.97. The van der Waals surface area contributed by atoms with Gasteiger partial charge in [-0.15, -0.1) is 0 Å². The third-order valence-electron chi connectivity index (χ3n) is 10.2. The van der Waals surface area contributed by atoms with E-state index < -0.39 is 13.7 Å². The molecule has 0 aliphatic rings. The van der Waals surface area contributed by atoms with Gasteiger partial charge in [-0.3, -0.25) is 9.55 Å². The van der Waals surface area contributed by atoms with E-state index in [9.17, 15) is 0 Å². The Bertz CT molecular complexity index is 2920. The fraction of sp³-hybridized carbons (Fsp3) is 0.176. The first-order valence-corrected chi connectivity index (χ1v) is 18.5. The number of aryl methyl sites for hydroxylation is 4. The van der Waals surface area contributed by atoms with Crippen molar-refractivity contribution in [2.75, 3.05) is 7.11 Å². The number of nitrogens with zero attached hydrogens (tertiary/aromatic N) is 3. The van der Waals surface area contributed by atoms with Gasteiger partial charge < -0.3 is 4.74 Å². The van der Waals surface area contributed by atoms with Crippen LogP contribution in [0.4, 0.5) is 0 Å². The quantitative estimate of drug-likeness (QED) is 0.164. The molecule has 4 heteroatoms. The number of ether oxygens (including phenoxy) is 1. The first kappa shape index (κ1) is 29.1. The summed E-state index contributed by atoms with van der Waals surface area (Å²) in [5.41, 5.74) is 13.5. The molecule has 0 N–H and O–H groups in total. The van der Waals surface area contributed by atoms with Crippen LogP contribution in [-0.4, -0.2) is 21.6 Å². The number of fused-ring (bicyclic) bond motifs is 1. The Morgan fingerprint density at radius 3 is 2.11 bits per heavy atom. The van der Waals surface area contributed by atoms with Crippen molar-refractivity contribution < 1.29 is 13.0 Å². The predicted octanol–water partition coefficient (Wildman–Crippen LogP) is 13.3. The van der Waals surface area contributed by atoms with Gasteiger partial charge in [0.05, 0.1) is 29.4 Å². The summed E-state index contributed by atoms with van der Waals surface area (Å²) in [5.74, 6) is 1.31. The zero-order chi connectivity index (χ0) is 43.4. The van der Waals surface area contributed by atoms with Crippen LogP contribution in [0.15, 0.2) is 140 Å². The molecule has 0 spiro atoms. The zero-order valence-corrected chi connectivity index (χ0v) is 32.0. The maximum absolute atomic E-state index is 8.52. The summed E-state index contributed by atoms with van der Waals surface area (Å²) in [4.78, 5) is 10.3. The lowest BCUT2D eigenvalue weighted by atomic mass is 9.83. The summed E-state index contributed by atoms with van der Waals surface area (Å²) in [7, 11) is 1.66. The Kier molecular flexibility index (Phi) is 7.52. The number of methoxy groups -OCH3 is 1. The van der Waals surface area contributed by atoms with E-state index in [-0.39, 0.29) is 11.0 Å². The Morgan fingerprint density at radius 1 is 0.600 bits per heavy atom. The number of pyridine rings is 1. The second-order valence-corrected chi connectivity index (χ2v) is 15.3. The van der Waals surface area contributed by atoms with E-state index in [1.165, 1.54) is 0 Å². The molecule has 0 aliphatic heterocycles. The molecule has 6 aromatic carbocycles. The van der Waals surface area contributed by atoms with Gasteiger partial charge in [0.15, 0.2) is 0 Å². The molecule has 0 unspecified atom stereocenters. The summed E-state index contributed by atoms with van der Waals surface area (Å²) < 4.78 is 57.1. The van der Waals surface area contributed by atoms with Crippen molar-refractivity contribution in [3.05, 3.63) is 167 Å². The molecule has 0 saturated carbocycles. The van der Waals surface area contributed by atoms with Gasteiger partial charge in [0.1, 0.15) is 11.6 Å². The molecule has 272 valence electrons. The molecule has 0 atom stereocenters. The number of hydrogen-bond acceptors (Lipinski definition) is 3. The molecule has 55 heavy (non-hydrogen) atoms. The van der Waals surface area contributed by atoms with Crippen molar-refractivity contribution in [1.29, 1.82) is 0 Å². The highest BCUT2D eigenvalue weighted by atomic mass is 16.5. The largest absolute Gasteiger partial charge is 0.496 e. The van der Waals surface area contributed by atoms with E-state index in [0.717, 1.165) is 77.9 Å². The average Bonchev–Trinajstić information content (AvgIpc) is 3.62. The molecule has 4 nitrogen and oxygen atoms in total. The van der Waals surface area contributed by atoms with Crippen molar-refractivity contribution in [2.45, 2.75) is 53.7 Å². The van der Waals surface area contributed by atoms with Crippen LogP contribution in [0.1, 0.15) is 56.8 Å². The maximum atomic E-state index is 8.52. The second kappa shape index (κ2) is 14.2. The fourth-order valence-corrected chi connectivity index (χ4v) is 7.50. The number of aromatic nitrogens is 3. The lowest BCUT2D eigenvalue weighted by molar-refractivity contribution is 0.413. The van der Waals surface area contributed by atoms with E-state index in [1.807, 2.05) is 86.6 Å². The summed E-state index contributed by atoms with van der Waals surface area (Å²) in [6, 6.07) is 43.2. The van der Waals surface area contributed by atoms with E-state index in [1.54, 1.807) is 37.6 Å². The van der Waals surface area contributed by atoms with E-state index in [2.05, 4.69) is 61.7 Å². The average molecular weight is 724 g/mol. The Balaban J connectivity index is 1.38. The number of rotatable bonds is 7. The van der Waals surface area contributed by atoms with Gasteiger partial charge in [-0.1, -0.05) is 111 Å². The van der Waals surface area contributed by atoms with Crippen LogP contribution in [-0.2, 0) is 5.41 Å². The number of hydrogen-bond donors (Lipinski definition) is 0. The molecule has 8 aromatic rings. The highest BCUT2D eigenvalue weighted by Crippen LogP contribution is 2.42. The van der Waals surface area contributed by atoms with Crippen LogP contribution in [0.25, 0.3) is 72.7 Å². The Hall–Kier alpha value is -6.26. The smallest absolute Gasteiger partial charge is 0.149 e. The highest BCUT2D eigenvalue weighted by Gasteiger charge is 2.24. The molecule has 0 fully saturated rings. The number of imidazole rings is 1. The van der Waals surface area contributed by atoms with Crippen LogP contribution in [0.2, 0.25) is 0 Å². The maximum Gasteiger partial charge on any atom is 0.149 e. The monoisotopic (exact) mass is 723 g/mol. The summed E-state index contributed by atoms with van der Waals surface area (Å²) >= 11 is 0. The lowest BCUT2D eigenvalue weighted by Crippen LogP contribution is -2.11. The number of para-hydroxylation sites is 1. The third-order valence-corrected chi connectivity index (χ3v) is 10.2. The molecule has 0 saturated heterocycles. The van der Waals surface area contributed by atoms with E-state index in [4.69, 9.17) is 22.9 Å². The standard InChI is InChI=1S/C51H47N3O/c1-32-17-19-37(20-18-32)38-21-22-52-46(31-38)41-27-40(28-42(29-41)51(5,6)7)44-15-12-16-47-48(44)53-50(45-26-33(2)23-35(4)49(45)55-8)54(47)43-25-34(3)24-39(30-43)36-13-10-9-11-14-36/h9-31H,1-8H3/i1D3,3D3. The molecule has 0 bridgehead atoms. The molecular formula is C51H47N3O. The van der Waals surface area contributed by atoms with Gasteiger partial charge in [-0.05, 0) is 132 Å². The minimum absolute atomic E-state index is 0.220.